The van der Waals surface area contributed by atoms with Crippen molar-refractivity contribution in [3.8, 4) is 11.1 Å². The summed E-state index contributed by atoms with van der Waals surface area (Å²) < 4.78 is 13.9. The fourth-order valence-corrected chi connectivity index (χ4v) is 8.96. The molecule has 0 atom stereocenters. The summed E-state index contributed by atoms with van der Waals surface area (Å²) in [5, 5.41) is 20.2. The Balaban J connectivity index is 1.39. The molecule has 0 N–H and O–H groups in total. The average Bonchev–Trinajstić information content (AvgIpc) is 3.05. The van der Waals surface area contributed by atoms with Gasteiger partial charge in [0.2, 0.25) is 0 Å². The molecule has 0 radical (unpaired) electrons. The van der Waals surface area contributed by atoms with E-state index in [-0.39, 0.29) is 0 Å². The topological polar surface area (TPSA) is 26.3 Å². The van der Waals surface area contributed by atoms with E-state index in [0.29, 0.717) is 0 Å². The lowest BCUT2D eigenvalue weighted by molar-refractivity contribution is 0.647. The fraction of sp³-hybridized carbons (Fsp3) is 0.0476. The molecule has 0 amide bonds. The van der Waals surface area contributed by atoms with Crippen LogP contribution in [0.4, 0.5) is 0 Å². The Morgan fingerprint density at radius 3 is 1.18 bits per heavy atom. The molecule has 12 rings (SSSR count). The van der Waals surface area contributed by atoms with Gasteiger partial charge >= 0.3 is 0 Å². The summed E-state index contributed by atoms with van der Waals surface area (Å²) >= 11 is 0. The van der Waals surface area contributed by atoms with Gasteiger partial charge in [-0.2, -0.15) is 0 Å². The highest BCUT2D eigenvalue weighted by atomic mass is 16.3. The van der Waals surface area contributed by atoms with E-state index in [1.54, 1.807) is 0 Å². The Bertz CT molecular complexity index is 2950. The first kappa shape index (κ1) is 22.0. The predicted molar refractivity (Wildman–Crippen MR) is 186 cm³/mol. The molecule has 0 saturated heterocycles. The molecule has 2 nitrogen and oxygen atoms in total. The highest BCUT2D eigenvalue weighted by Crippen LogP contribution is 2.55. The van der Waals surface area contributed by atoms with Crippen LogP contribution in [0.2, 0.25) is 0 Å². The molecule has 0 saturated carbocycles. The molecule has 0 fully saturated rings. The largest absolute Gasteiger partial charge is 0.456 e. The van der Waals surface area contributed by atoms with Crippen LogP contribution in [-0.2, 0) is 0 Å². The van der Waals surface area contributed by atoms with Crippen molar-refractivity contribution in [3.63, 3.8) is 0 Å². The molecule has 202 valence electrons. The molecule has 0 bridgehead atoms. The lowest BCUT2D eigenvalue weighted by Crippen LogP contribution is -1.98. The highest BCUT2D eigenvalue weighted by molar-refractivity contribution is 6.42. The molecule has 0 spiro atoms. The zero-order valence-electron chi connectivity index (χ0n) is 24.1. The number of hydrogen-bond acceptors (Lipinski definition) is 2. The molecule has 2 aliphatic rings. The van der Waals surface area contributed by atoms with Crippen molar-refractivity contribution in [2.45, 2.75) is 13.8 Å². The van der Waals surface area contributed by atoms with Gasteiger partial charge in [0.25, 0.3) is 0 Å². The number of rotatable bonds is 0. The first-order chi connectivity index (χ1) is 21.7. The minimum atomic E-state index is 0.900. The van der Waals surface area contributed by atoms with E-state index in [1.165, 1.54) is 86.5 Å². The summed E-state index contributed by atoms with van der Waals surface area (Å²) in [6.45, 7) is 4.41. The summed E-state index contributed by atoms with van der Waals surface area (Å²) in [4.78, 5) is 0. The standard InChI is InChI=1S/C42H22O2/c1-19-9-11-27-29-17-33-41-39-31(15-13-25(37(29)39)23-7-3-5-21(19)35(23)27)44-34-18-30-28-12-10-20(2)22-6-4-8-24(36(22)28)26-14-16-32(43-33)40(38(26)30)42(34)41/h3-18H,1-2H3. The molecule has 0 unspecified atom stereocenters. The van der Waals surface area contributed by atoms with Gasteiger partial charge in [-0.15, -0.1) is 0 Å². The Labute approximate surface area is 250 Å². The summed E-state index contributed by atoms with van der Waals surface area (Å²) in [5.74, 6) is 0. The van der Waals surface area contributed by atoms with Gasteiger partial charge in [-0.05, 0) is 126 Å². The summed E-state index contributed by atoms with van der Waals surface area (Å²) in [6.07, 6.45) is 0. The van der Waals surface area contributed by atoms with Crippen molar-refractivity contribution in [3.05, 3.63) is 108 Å². The maximum atomic E-state index is 6.96. The van der Waals surface area contributed by atoms with Crippen LogP contribution in [0.5, 0.6) is 0 Å². The molecule has 2 heteroatoms. The third-order valence-corrected chi connectivity index (χ3v) is 10.8. The Kier molecular flexibility index (Phi) is 3.48. The van der Waals surface area contributed by atoms with Crippen molar-refractivity contribution >= 4 is 109 Å². The van der Waals surface area contributed by atoms with Crippen LogP contribution in [0.25, 0.3) is 120 Å². The average molecular weight is 559 g/mol. The molecular weight excluding hydrogens is 536 g/mol. The van der Waals surface area contributed by atoms with Crippen LogP contribution in [0.1, 0.15) is 11.1 Å². The van der Waals surface area contributed by atoms with E-state index < -0.39 is 0 Å². The van der Waals surface area contributed by atoms with Crippen LogP contribution < -0.4 is 0 Å². The third kappa shape index (κ3) is 2.25. The highest BCUT2D eigenvalue weighted by Gasteiger charge is 2.29. The molecule has 10 aromatic carbocycles. The van der Waals surface area contributed by atoms with Crippen LogP contribution in [0.15, 0.2) is 106 Å². The number of fused-ring (bicyclic) bond motifs is 4. The van der Waals surface area contributed by atoms with E-state index in [1.807, 2.05) is 0 Å². The Hall–Kier alpha value is -5.60. The predicted octanol–water partition coefficient (Wildman–Crippen LogP) is 12.4. The van der Waals surface area contributed by atoms with Gasteiger partial charge in [0.05, 0.1) is 0 Å². The lowest BCUT2D eigenvalue weighted by Gasteiger charge is -2.24. The number of benzene rings is 10. The van der Waals surface area contributed by atoms with Gasteiger partial charge in [-0.25, -0.2) is 0 Å². The van der Waals surface area contributed by atoms with E-state index in [4.69, 9.17) is 8.83 Å². The Morgan fingerprint density at radius 1 is 0.318 bits per heavy atom. The molecule has 0 aromatic heterocycles. The monoisotopic (exact) mass is 558 g/mol. The van der Waals surface area contributed by atoms with Crippen LogP contribution >= 0.6 is 0 Å². The van der Waals surface area contributed by atoms with E-state index in [9.17, 15) is 0 Å². The van der Waals surface area contributed by atoms with Crippen LogP contribution in [0, 0.1) is 13.8 Å². The van der Waals surface area contributed by atoms with E-state index in [2.05, 4.69) is 111 Å². The minimum Gasteiger partial charge on any atom is -0.456 e. The Morgan fingerprint density at radius 2 is 0.705 bits per heavy atom. The molecule has 0 aliphatic carbocycles. The fourth-order valence-electron chi connectivity index (χ4n) is 8.96. The second kappa shape index (κ2) is 6.96. The smallest absolute Gasteiger partial charge is 0.136 e. The number of aryl methyl sites for hydroxylation is 2. The van der Waals surface area contributed by atoms with Crippen molar-refractivity contribution in [1.29, 1.82) is 0 Å². The van der Waals surface area contributed by atoms with Gasteiger partial charge in [0, 0.05) is 32.7 Å². The zero-order valence-corrected chi connectivity index (χ0v) is 24.1. The second-order valence-corrected chi connectivity index (χ2v) is 12.8. The maximum Gasteiger partial charge on any atom is 0.136 e. The molecular formula is C42H22O2. The lowest BCUT2D eigenvalue weighted by atomic mass is 9.82. The van der Waals surface area contributed by atoms with Crippen LogP contribution in [0.3, 0.4) is 0 Å². The quantitative estimate of drug-likeness (QED) is 0.137. The maximum absolute atomic E-state index is 6.96. The first-order valence-electron chi connectivity index (χ1n) is 15.4. The van der Waals surface area contributed by atoms with E-state index in [0.717, 1.165) is 44.2 Å². The van der Waals surface area contributed by atoms with Gasteiger partial charge in [-0.3, -0.25) is 0 Å². The second-order valence-electron chi connectivity index (χ2n) is 12.8. The molecule has 2 heterocycles. The molecule has 44 heavy (non-hydrogen) atoms. The van der Waals surface area contributed by atoms with Gasteiger partial charge < -0.3 is 8.83 Å². The first-order valence-corrected chi connectivity index (χ1v) is 15.4. The van der Waals surface area contributed by atoms with E-state index >= 15 is 0 Å². The van der Waals surface area contributed by atoms with Gasteiger partial charge in [-0.1, -0.05) is 60.7 Å². The summed E-state index contributed by atoms with van der Waals surface area (Å²) in [6, 6.07) is 36.0. The third-order valence-electron chi connectivity index (χ3n) is 10.8. The molecule has 2 aliphatic heterocycles. The summed E-state index contributed by atoms with van der Waals surface area (Å²) in [5.41, 5.74) is 8.54. The van der Waals surface area contributed by atoms with Crippen LogP contribution in [-0.4, -0.2) is 0 Å². The SMILES string of the molecule is Cc1ccc2c3cc4oc5ccc6c7cccc8c(C)ccc(c9cc%10oc%11ccc(c%12cccc1c%122)c3c%11c4-c%10c5c69)c87. The van der Waals surface area contributed by atoms with Crippen molar-refractivity contribution < 1.29 is 8.83 Å². The van der Waals surface area contributed by atoms with Crippen molar-refractivity contribution in [2.75, 3.05) is 0 Å². The number of hydrogen-bond donors (Lipinski definition) is 0. The minimum absolute atomic E-state index is 0.900. The van der Waals surface area contributed by atoms with Gasteiger partial charge in [0.15, 0.2) is 0 Å². The normalized spacial score (nSPS) is 13.2. The zero-order chi connectivity index (χ0) is 28.6. The van der Waals surface area contributed by atoms with Gasteiger partial charge in [0.1, 0.15) is 22.3 Å². The van der Waals surface area contributed by atoms with Crippen molar-refractivity contribution in [2.24, 2.45) is 0 Å². The van der Waals surface area contributed by atoms with Crippen molar-refractivity contribution in [1.82, 2.24) is 0 Å². The molecule has 10 aromatic rings. The summed E-state index contributed by atoms with van der Waals surface area (Å²) in [7, 11) is 0.